The van der Waals surface area contributed by atoms with Crippen LogP contribution in [0, 0.1) is 6.92 Å². The van der Waals surface area contributed by atoms with Gasteiger partial charge in [-0.3, -0.25) is 9.10 Å². The van der Waals surface area contributed by atoms with Gasteiger partial charge in [-0.2, -0.15) is 0 Å². The molecule has 0 unspecified atom stereocenters. The highest BCUT2D eigenvalue weighted by atomic mass is 32.2. The average molecular weight is 407 g/mol. The summed E-state index contributed by atoms with van der Waals surface area (Å²) in [6, 6.07) is 10.6. The van der Waals surface area contributed by atoms with Gasteiger partial charge in [-0.25, -0.2) is 8.42 Å². The van der Waals surface area contributed by atoms with Gasteiger partial charge in [0, 0.05) is 19.2 Å². The van der Waals surface area contributed by atoms with Crippen LogP contribution in [0.4, 0.5) is 5.69 Å². The molecule has 1 N–H and O–H groups in total. The van der Waals surface area contributed by atoms with E-state index in [1.807, 2.05) is 18.2 Å². The fourth-order valence-corrected chi connectivity index (χ4v) is 3.35. The first kappa shape index (κ1) is 21.6. The Morgan fingerprint density at radius 1 is 1.07 bits per heavy atom. The second kappa shape index (κ2) is 8.97. The van der Waals surface area contributed by atoms with Crippen LogP contribution in [-0.2, 0) is 16.4 Å². The maximum absolute atomic E-state index is 12.4. The lowest BCUT2D eigenvalue weighted by atomic mass is 10.1. The highest BCUT2D eigenvalue weighted by molar-refractivity contribution is 7.92. The van der Waals surface area contributed by atoms with Gasteiger partial charge in [-0.05, 0) is 54.8 Å². The molecule has 0 saturated heterocycles. The molecule has 0 heterocycles. The van der Waals surface area contributed by atoms with E-state index >= 15 is 0 Å². The Labute approximate surface area is 166 Å². The van der Waals surface area contributed by atoms with Crippen LogP contribution in [0.2, 0.25) is 0 Å². The summed E-state index contributed by atoms with van der Waals surface area (Å²) in [6.45, 7) is 2.23. The number of methoxy groups -OCH3 is 2. The molecule has 2 aromatic rings. The van der Waals surface area contributed by atoms with Gasteiger partial charge in [0.25, 0.3) is 5.91 Å². The van der Waals surface area contributed by atoms with E-state index in [4.69, 9.17) is 9.47 Å². The number of hydrogen-bond acceptors (Lipinski definition) is 5. The Morgan fingerprint density at radius 2 is 1.75 bits per heavy atom. The van der Waals surface area contributed by atoms with Gasteiger partial charge in [0.1, 0.15) is 0 Å². The van der Waals surface area contributed by atoms with Crippen molar-refractivity contribution in [2.24, 2.45) is 0 Å². The molecule has 0 bridgehead atoms. The molecule has 0 radical (unpaired) electrons. The Balaban J connectivity index is 2.01. The van der Waals surface area contributed by atoms with Crippen molar-refractivity contribution >= 4 is 21.6 Å². The number of carbonyl (C=O) groups is 1. The van der Waals surface area contributed by atoms with Gasteiger partial charge in [0.15, 0.2) is 11.5 Å². The van der Waals surface area contributed by atoms with E-state index in [0.29, 0.717) is 41.3 Å². The van der Waals surface area contributed by atoms with Crippen molar-refractivity contribution in [2.75, 3.05) is 38.4 Å². The minimum absolute atomic E-state index is 0.211. The molecule has 0 aliphatic rings. The van der Waals surface area contributed by atoms with Gasteiger partial charge in [-0.15, -0.1) is 0 Å². The van der Waals surface area contributed by atoms with E-state index in [0.717, 1.165) is 11.8 Å². The number of benzene rings is 2. The zero-order valence-electron chi connectivity index (χ0n) is 16.8. The third-order valence-electron chi connectivity index (χ3n) is 4.44. The number of sulfonamides is 1. The normalized spacial score (nSPS) is 11.0. The number of carbonyl (C=O) groups excluding carboxylic acids is 1. The van der Waals surface area contributed by atoms with Crippen molar-refractivity contribution in [3.8, 4) is 11.5 Å². The molecule has 28 heavy (non-hydrogen) atoms. The van der Waals surface area contributed by atoms with Crippen LogP contribution in [-0.4, -0.2) is 48.4 Å². The molecule has 1 amide bonds. The molecule has 0 atom stereocenters. The van der Waals surface area contributed by atoms with E-state index in [9.17, 15) is 13.2 Å². The smallest absolute Gasteiger partial charge is 0.251 e. The first-order chi connectivity index (χ1) is 13.2. The Bertz CT molecular complexity index is 957. The fraction of sp³-hybridized carbons (Fsp3) is 0.350. The Hall–Kier alpha value is -2.74. The summed E-state index contributed by atoms with van der Waals surface area (Å²) in [7, 11) is 1.30. The summed E-state index contributed by atoms with van der Waals surface area (Å²) < 4.78 is 35.1. The first-order valence-corrected chi connectivity index (χ1v) is 10.6. The third kappa shape index (κ3) is 5.16. The predicted octanol–water partition coefficient (Wildman–Crippen LogP) is 2.38. The van der Waals surface area contributed by atoms with Crippen molar-refractivity contribution in [3.05, 3.63) is 53.1 Å². The lowest BCUT2D eigenvalue weighted by molar-refractivity contribution is 0.0954. The molecule has 2 aromatic carbocycles. The SMILES string of the molecule is COc1ccc(CCNC(=O)c2ccc(N(C)S(C)(=O)=O)c(C)c2)cc1OC. The molecular weight excluding hydrogens is 380 g/mol. The van der Waals surface area contributed by atoms with Crippen molar-refractivity contribution in [2.45, 2.75) is 13.3 Å². The quantitative estimate of drug-likeness (QED) is 0.728. The van der Waals surface area contributed by atoms with E-state index in [2.05, 4.69) is 5.32 Å². The summed E-state index contributed by atoms with van der Waals surface area (Å²) in [6.07, 6.45) is 1.78. The van der Waals surface area contributed by atoms with E-state index in [1.54, 1.807) is 39.3 Å². The molecule has 2 rings (SSSR count). The molecule has 152 valence electrons. The summed E-state index contributed by atoms with van der Waals surface area (Å²) in [5.41, 5.74) is 2.75. The van der Waals surface area contributed by atoms with Crippen LogP contribution in [0.1, 0.15) is 21.5 Å². The number of nitrogens with zero attached hydrogens (tertiary/aromatic N) is 1. The monoisotopic (exact) mass is 406 g/mol. The Kier molecular flexibility index (Phi) is 6.90. The van der Waals surface area contributed by atoms with Crippen molar-refractivity contribution in [1.82, 2.24) is 5.32 Å². The molecule has 0 spiro atoms. The van der Waals surface area contributed by atoms with Crippen LogP contribution in [0.5, 0.6) is 11.5 Å². The average Bonchev–Trinajstić information content (AvgIpc) is 2.66. The highest BCUT2D eigenvalue weighted by Gasteiger charge is 2.16. The lowest BCUT2D eigenvalue weighted by Gasteiger charge is -2.19. The van der Waals surface area contributed by atoms with E-state index in [1.165, 1.54) is 11.4 Å². The number of aryl methyl sites for hydroxylation is 1. The van der Waals surface area contributed by atoms with Crippen LogP contribution in [0.15, 0.2) is 36.4 Å². The second-order valence-corrected chi connectivity index (χ2v) is 8.44. The summed E-state index contributed by atoms with van der Waals surface area (Å²) in [4.78, 5) is 12.4. The van der Waals surface area contributed by atoms with Gasteiger partial charge in [-0.1, -0.05) is 6.07 Å². The molecule has 0 aromatic heterocycles. The van der Waals surface area contributed by atoms with Crippen LogP contribution >= 0.6 is 0 Å². The number of amides is 1. The molecule has 8 heteroatoms. The number of hydrogen-bond donors (Lipinski definition) is 1. The zero-order valence-corrected chi connectivity index (χ0v) is 17.6. The topological polar surface area (TPSA) is 84.9 Å². The maximum Gasteiger partial charge on any atom is 0.251 e. The molecule has 0 fully saturated rings. The minimum atomic E-state index is -3.35. The summed E-state index contributed by atoms with van der Waals surface area (Å²) in [5.74, 6) is 1.09. The largest absolute Gasteiger partial charge is 0.493 e. The summed E-state index contributed by atoms with van der Waals surface area (Å²) in [5, 5.41) is 2.88. The fourth-order valence-electron chi connectivity index (χ4n) is 2.79. The van der Waals surface area contributed by atoms with Gasteiger partial charge in [0.2, 0.25) is 10.0 Å². The lowest BCUT2D eigenvalue weighted by Crippen LogP contribution is -2.27. The molecule has 0 aliphatic heterocycles. The molecule has 0 aliphatic carbocycles. The number of nitrogens with one attached hydrogen (secondary N) is 1. The van der Waals surface area contributed by atoms with Crippen LogP contribution in [0.25, 0.3) is 0 Å². The molecular formula is C20H26N2O5S. The minimum Gasteiger partial charge on any atom is -0.493 e. The third-order valence-corrected chi connectivity index (χ3v) is 5.63. The van der Waals surface area contributed by atoms with Crippen LogP contribution < -0.4 is 19.1 Å². The molecule has 0 saturated carbocycles. The highest BCUT2D eigenvalue weighted by Crippen LogP contribution is 2.27. The van der Waals surface area contributed by atoms with Crippen molar-refractivity contribution in [1.29, 1.82) is 0 Å². The summed E-state index contributed by atoms with van der Waals surface area (Å²) >= 11 is 0. The standard InChI is InChI=1S/C20H26N2O5S/c1-14-12-16(7-8-17(14)22(2)28(5,24)25)20(23)21-11-10-15-6-9-18(26-3)19(13-15)27-4/h6-9,12-13H,10-11H2,1-5H3,(H,21,23). The van der Waals surface area contributed by atoms with Crippen molar-refractivity contribution in [3.63, 3.8) is 0 Å². The number of anilines is 1. The van der Waals surface area contributed by atoms with E-state index in [-0.39, 0.29) is 5.91 Å². The molecule has 7 nitrogen and oxygen atoms in total. The Morgan fingerprint density at radius 3 is 2.32 bits per heavy atom. The maximum atomic E-state index is 12.4. The van der Waals surface area contributed by atoms with E-state index < -0.39 is 10.0 Å². The number of ether oxygens (including phenoxy) is 2. The van der Waals surface area contributed by atoms with Gasteiger partial charge >= 0.3 is 0 Å². The van der Waals surface area contributed by atoms with Crippen LogP contribution in [0.3, 0.4) is 0 Å². The first-order valence-electron chi connectivity index (χ1n) is 8.71. The van der Waals surface area contributed by atoms with Gasteiger partial charge < -0.3 is 14.8 Å². The zero-order chi connectivity index (χ0) is 20.9. The van der Waals surface area contributed by atoms with Crippen molar-refractivity contribution < 1.29 is 22.7 Å². The predicted molar refractivity (Wildman–Crippen MR) is 110 cm³/mol. The van der Waals surface area contributed by atoms with Gasteiger partial charge in [0.05, 0.1) is 26.2 Å². The number of rotatable bonds is 8. The second-order valence-electron chi connectivity index (χ2n) is 6.43.